The van der Waals surface area contributed by atoms with E-state index in [1.165, 1.54) is 24.3 Å². The predicted octanol–water partition coefficient (Wildman–Crippen LogP) is 4.19. The first kappa shape index (κ1) is 17.1. The molecular formula is C15H11Cl2NO5. The van der Waals surface area contributed by atoms with Crippen molar-refractivity contribution in [2.24, 2.45) is 0 Å². The highest BCUT2D eigenvalue weighted by Crippen LogP contribution is 2.29. The van der Waals surface area contributed by atoms with Gasteiger partial charge in [-0.2, -0.15) is 0 Å². The Labute approximate surface area is 141 Å². The second-order valence-electron chi connectivity index (χ2n) is 4.57. The van der Waals surface area contributed by atoms with Gasteiger partial charge in [-0.05, 0) is 36.8 Å². The minimum Gasteiger partial charge on any atom is -0.480 e. The standard InChI is InChI=1S/C15H11Cl2NO5/c1-9-2-4-12(18(20)21)14(6-9)23-15(19)8-22-13-5-3-10(16)7-11(13)17/h2-7H,8H2,1H3. The second-order valence-corrected chi connectivity index (χ2v) is 5.41. The van der Waals surface area contributed by atoms with Crippen LogP contribution in [0.15, 0.2) is 36.4 Å². The number of hydrogen-bond acceptors (Lipinski definition) is 5. The van der Waals surface area contributed by atoms with E-state index in [1.807, 2.05) is 0 Å². The molecule has 2 aromatic rings. The van der Waals surface area contributed by atoms with E-state index in [0.29, 0.717) is 5.02 Å². The van der Waals surface area contributed by atoms with Gasteiger partial charge in [0.15, 0.2) is 6.61 Å². The van der Waals surface area contributed by atoms with Crippen LogP contribution in [0.4, 0.5) is 5.69 Å². The molecular weight excluding hydrogens is 345 g/mol. The predicted molar refractivity (Wildman–Crippen MR) is 85.4 cm³/mol. The maximum absolute atomic E-state index is 11.8. The van der Waals surface area contributed by atoms with Crippen LogP contribution in [0.25, 0.3) is 0 Å². The van der Waals surface area contributed by atoms with Crippen molar-refractivity contribution in [3.05, 3.63) is 62.1 Å². The molecule has 120 valence electrons. The monoisotopic (exact) mass is 355 g/mol. The Balaban J connectivity index is 2.05. The lowest BCUT2D eigenvalue weighted by atomic mass is 10.2. The number of esters is 1. The van der Waals surface area contributed by atoms with E-state index >= 15 is 0 Å². The first-order valence-corrected chi connectivity index (χ1v) is 7.16. The number of rotatable bonds is 5. The maximum Gasteiger partial charge on any atom is 0.349 e. The molecule has 23 heavy (non-hydrogen) atoms. The third-order valence-corrected chi connectivity index (χ3v) is 3.31. The van der Waals surface area contributed by atoms with Gasteiger partial charge in [-0.3, -0.25) is 10.1 Å². The number of carbonyl (C=O) groups excluding carboxylic acids is 1. The summed E-state index contributed by atoms with van der Waals surface area (Å²) in [5, 5.41) is 11.6. The minimum atomic E-state index is -0.787. The zero-order valence-electron chi connectivity index (χ0n) is 11.9. The van der Waals surface area contributed by atoms with Gasteiger partial charge < -0.3 is 9.47 Å². The zero-order valence-corrected chi connectivity index (χ0v) is 13.4. The molecule has 0 aliphatic heterocycles. The SMILES string of the molecule is Cc1ccc([N+](=O)[O-])c(OC(=O)COc2ccc(Cl)cc2Cl)c1. The quantitative estimate of drug-likeness (QED) is 0.347. The van der Waals surface area contributed by atoms with Crippen molar-refractivity contribution in [2.45, 2.75) is 6.92 Å². The van der Waals surface area contributed by atoms with Crippen LogP contribution >= 0.6 is 23.2 Å². The van der Waals surface area contributed by atoms with E-state index in [9.17, 15) is 14.9 Å². The highest BCUT2D eigenvalue weighted by Gasteiger charge is 2.18. The fourth-order valence-electron chi connectivity index (χ4n) is 1.73. The molecule has 0 spiro atoms. The van der Waals surface area contributed by atoms with Crippen LogP contribution in [0.1, 0.15) is 5.56 Å². The van der Waals surface area contributed by atoms with Gasteiger partial charge in [0, 0.05) is 11.1 Å². The van der Waals surface area contributed by atoms with Gasteiger partial charge in [0.1, 0.15) is 5.75 Å². The number of hydrogen-bond donors (Lipinski definition) is 0. The Morgan fingerprint density at radius 2 is 1.91 bits per heavy atom. The van der Waals surface area contributed by atoms with Crippen LogP contribution in [-0.4, -0.2) is 17.5 Å². The molecule has 8 heteroatoms. The maximum atomic E-state index is 11.8. The summed E-state index contributed by atoms with van der Waals surface area (Å²) in [6.07, 6.45) is 0. The Bertz CT molecular complexity index is 764. The second kappa shape index (κ2) is 7.30. The average Bonchev–Trinajstić information content (AvgIpc) is 2.46. The smallest absolute Gasteiger partial charge is 0.349 e. The van der Waals surface area contributed by atoms with E-state index in [1.54, 1.807) is 19.1 Å². The molecule has 0 aromatic heterocycles. The van der Waals surface area contributed by atoms with E-state index in [-0.39, 0.29) is 22.2 Å². The normalized spacial score (nSPS) is 10.2. The molecule has 0 saturated carbocycles. The first-order chi connectivity index (χ1) is 10.9. The van der Waals surface area contributed by atoms with Gasteiger partial charge in [-0.1, -0.05) is 29.3 Å². The highest BCUT2D eigenvalue weighted by molar-refractivity contribution is 6.35. The Morgan fingerprint density at radius 1 is 1.17 bits per heavy atom. The Kier molecular flexibility index (Phi) is 5.41. The summed E-state index contributed by atoms with van der Waals surface area (Å²) in [7, 11) is 0. The average molecular weight is 356 g/mol. The number of aryl methyl sites for hydroxylation is 1. The first-order valence-electron chi connectivity index (χ1n) is 6.40. The largest absolute Gasteiger partial charge is 0.480 e. The van der Waals surface area contributed by atoms with Crippen molar-refractivity contribution in [1.82, 2.24) is 0 Å². The van der Waals surface area contributed by atoms with Gasteiger partial charge in [-0.25, -0.2) is 4.79 Å². The van der Waals surface area contributed by atoms with Crippen molar-refractivity contribution in [3.63, 3.8) is 0 Å². The summed E-state index contributed by atoms with van der Waals surface area (Å²) in [5.41, 5.74) is 0.425. The van der Waals surface area contributed by atoms with Crippen LogP contribution in [0.2, 0.25) is 10.0 Å². The summed E-state index contributed by atoms with van der Waals surface area (Å²) in [6.45, 7) is 1.28. The molecule has 0 saturated heterocycles. The van der Waals surface area contributed by atoms with Gasteiger partial charge in [-0.15, -0.1) is 0 Å². The Hall–Kier alpha value is -2.31. The van der Waals surface area contributed by atoms with Crippen LogP contribution in [0, 0.1) is 17.0 Å². The summed E-state index contributed by atoms with van der Waals surface area (Å²) >= 11 is 11.7. The van der Waals surface area contributed by atoms with Crippen molar-refractivity contribution < 1.29 is 19.2 Å². The minimum absolute atomic E-state index is 0.134. The van der Waals surface area contributed by atoms with Crippen LogP contribution in [0.5, 0.6) is 11.5 Å². The molecule has 0 radical (unpaired) electrons. The zero-order chi connectivity index (χ0) is 17.0. The van der Waals surface area contributed by atoms with Crippen molar-refractivity contribution in [3.8, 4) is 11.5 Å². The van der Waals surface area contributed by atoms with E-state index in [2.05, 4.69) is 0 Å². The van der Waals surface area contributed by atoms with Gasteiger partial charge in [0.2, 0.25) is 5.75 Å². The lowest BCUT2D eigenvalue weighted by Gasteiger charge is -2.09. The molecule has 0 atom stereocenters. The molecule has 0 fully saturated rings. The summed E-state index contributed by atoms with van der Waals surface area (Å²) < 4.78 is 10.2. The number of nitro groups is 1. The fourth-order valence-corrected chi connectivity index (χ4v) is 2.20. The third-order valence-electron chi connectivity index (χ3n) is 2.78. The number of ether oxygens (including phenoxy) is 2. The van der Waals surface area contributed by atoms with E-state index < -0.39 is 17.5 Å². The molecule has 0 aliphatic rings. The van der Waals surface area contributed by atoms with Gasteiger partial charge in [0.25, 0.3) is 0 Å². The lowest BCUT2D eigenvalue weighted by molar-refractivity contribution is -0.385. The van der Waals surface area contributed by atoms with Crippen LogP contribution < -0.4 is 9.47 Å². The van der Waals surface area contributed by atoms with Crippen molar-refractivity contribution in [2.75, 3.05) is 6.61 Å². The molecule has 2 aromatic carbocycles. The van der Waals surface area contributed by atoms with Gasteiger partial charge >= 0.3 is 11.7 Å². The topological polar surface area (TPSA) is 78.7 Å². The molecule has 0 bridgehead atoms. The van der Waals surface area contributed by atoms with Crippen LogP contribution in [0.3, 0.4) is 0 Å². The number of carbonyl (C=O) groups is 1. The molecule has 0 unspecified atom stereocenters. The highest BCUT2D eigenvalue weighted by atomic mass is 35.5. The molecule has 0 aliphatic carbocycles. The number of benzene rings is 2. The summed E-state index contributed by atoms with van der Waals surface area (Å²) in [5.74, 6) is -0.665. The number of nitro benzene ring substituents is 1. The Morgan fingerprint density at radius 3 is 2.57 bits per heavy atom. The molecule has 0 amide bonds. The lowest BCUT2D eigenvalue weighted by Crippen LogP contribution is -2.18. The molecule has 6 nitrogen and oxygen atoms in total. The molecule has 2 rings (SSSR count). The number of halogens is 2. The summed E-state index contributed by atoms with van der Waals surface area (Å²) in [4.78, 5) is 22.1. The van der Waals surface area contributed by atoms with E-state index in [0.717, 1.165) is 5.56 Å². The van der Waals surface area contributed by atoms with E-state index in [4.69, 9.17) is 32.7 Å². The summed E-state index contributed by atoms with van der Waals surface area (Å²) in [6, 6.07) is 8.77. The molecule has 0 N–H and O–H groups in total. The third kappa shape index (κ3) is 4.58. The fraction of sp³-hybridized carbons (Fsp3) is 0.133. The number of nitrogens with zero attached hydrogens (tertiary/aromatic N) is 1. The molecule has 0 heterocycles. The van der Waals surface area contributed by atoms with Crippen LogP contribution in [-0.2, 0) is 4.79 Å². The van der Waals surface area contributed by atoms with Gasteiger partial charge in [0.05, 0.1) is 9.95 Å². The van der Waals surface area contributed by atoms with Crippen molar-refractivity contribution in [1.29, 1.82) is 0 Å². The van der Waals surface area contributed by atoms with Crippen molar-refractivity contribution >= 4 is 34.9 Å².